The second kappa shape index (κ2) is 4.48. The van der Waals surface area contributed by atoms with E-state index in [1.807, 2.05) is 13.0 Å². The van der Waals surface area contributed by atoms with Crippen molar-refractivity contribution in [3.8, 4) is 11.8 Å². The van der Waals surface area contributed by atoms with Crippen molar-refractivity contribution in [3.63, 3.8) is 0 Å². The number of ether oxygens (including phenoxy) is 1. The maximum Gasteiger partial charge on any atom is 0.120 e. The van der Waals surface area contributed by atoms with Crippen LogP contribution in [0.25, 0.3) is 0 Å². The van der Waals surface area contributed by atoms with Gasteiger partial charge in [0.2, 0.25) is 0 Å². The largest absolute Gasteiger partial charge is 0.494 e. The highest BCUT2D eigenvalue weighted by Gasteiger charge is 1.99. The van der Waals surface area contributed by atoms with Crippen LogP contribution in [0.3, 0.4) is 0 Å². The first-order valence-electron chi connectivity index (χ1n) is 4.08. The highest BCUT2D eigenvalue weighted by atomic mass is 16.5. The van der Waals surface area contributed by atoms with Crippen LogP contribution in [0.15, 0.2) is 18.2 Å². The van der Waals surface area contributed by atoms with Gasteiger partial charge in [0.05, 0.1) is 24.8 Å². The van der Waals surface area contributed by atoms with Crippen molar-refractivity contribution in [2.75, 3.05) is 6.61 Å². The van der Waals surface area contributed by atoms with Gasteiger partial charge in [-0.1, -0.05) is 0 Å². The van der Waals surface area contributed by atoms with Crippen LogP contribution in [0.2, 0.25) is 0 Å². The van der Waals surface area contributed by atoms with E-state index in [0.29, 0.717) is 23.5 Å². The zero-order valence-electron chi connectivity index (χ0n) is 7.45. The first kappa shape index (κ1) is 9.56. The van der Waals surface area contributed by atoms with Gasteiger partial charge in [-0.3, -0.25) is 0 Å². The van der Waals surface area contributed by atoms with E-state index in [2.05, 4.69) is 0 Å². The van der Waals surface area contributed by atoms with E-state index in [4.69, 9.17) is 15.1 Å². The lowest BCUT2D eigenvalue weighted by molar-refractivity contribution is 0.280. The fourth-order valence-electron chi connectivity index (χ4n) is 1.07. The summed E-state index contributed by atoms with van der Waals surface area (Å²) in [4.78, 5) is 0. The summed E-state index contributed by atoms with van der Waals surface area (Å²) in [5, 5.41) is 17.5. The molecule has 13 heavy (non-hydrogen) atoms. The van der Waals surface area contributed by atoms with E-state index in [1.54, 1.807) is 18.2 Å². The average molecular weight is 177 g/mol. The van der Waals surface area contributed by atoms with Gasteiger partial charge in [-0.25, -0.2) is 0 Å². The lowest BCUT2D eigenvalue weighted by atomic mass is 10.1. The Hall–Kier alpha value is -1.53. The minimum Gasteiger partial charge on any atom is -0.494 e. The zero-order chi connectivity index (χ0) is 9.68. The van der Waals surface area contributed by atoms with Crippen molar-refractivity contribution >= 4 is 0 Å². The third kappa shape index (κ3) is 2.46. The SMILES string of the molecule is CCOc1cc(C#N)cc(CO)c1. The zero-order valence-corrected chi connectivity index (χ0v) is 7.45. The molecule has 3 nitrogen and oxygen atoms in total. The number of benzene rings is 1. The molecule has 0 bridgehead atoms. The number of hydrogen-bond acceptors (Lipinski definition) is 3. The second-order valence-electron chi connectivity index (χ2n) is 2.57. The molecular weight excluding hydrogens is 166 g/mol. The summed E-state index contributed by atoms with van der Waals surface area (Å²) in [6.45, 7) is 2.35. The number of rotatable bonds is 3. The summed E-state index contributed by atoms with van der Waals surface area (Å²) in [7, 11) is 0. The summed E-state index contributed by atoms with van der Waals surface area (Å²) in [5.41, 5.74) is 1.21. The molecule has 0 aliphatic rings. The van der Waals surface area contributed by atoms with Crippen molar-refractivity contribution in [3.05, 3.63) is 29.3 Å². The van der Waals surface area contributed by atoms with Gasteiger partial charge in [0.15, 0.2) is 0 Å². The Morgan fingerprint density at radius 2 is 2.23 bits per heavy atom. The molecule has 0 spiro atoms. The highest BCUT2D eigenvalue weighted by molar-refractivity contribution is 5.40. The van der Waals surface area contributed by atoms with Gasteiger partial charge in [0, 0.05) is 0 Å². The lowest BCUT2D eigenvalue weighted by Crippen LogP contribution is -1.94. The van der Waals surface area contributed by atoms with Crippen LogP contribution in [0.1, 0.15) is 18.1 Å². The van der Waals surface area contributed by atoms with E-state index < -0.39 is 0 Å². The van der Waals surface area contributed by atoms with Gasteiger partial charge >= 0.3 is 0 Å². The average Bonchev–Trinajstić information content (AvgIpc) is 2.17. The van der Waals surface area contributed by atoms with Crippen LogP contribution in [0.4, 0.5) is 0 Å². The summed E-state index contributed by atoms with van der Waals surface area (Å²) < 4.78 is 5.23. The Labute approximate surface area is 77.2 Å². The number of aliphatic hydroxyl groups is 1. The first-order valence-corrected chi connectivity index (χ1v) is 4.08. The molecule has 0 aromatic heterocycles. The summed E-state index contributed by atoms with van der Waals surface area (Å²) in [6, 6.07) is 7.03. The van der Waals surface area contributed by atoms with E-state index in [0.717, 1.165) is 0 Å². The Morgan fingerprint density at radius 3 is 2.77 bits per heavy atom. The number of nitriles is 1. The number of aliphatic hydroxyl groups excluding tert-OH is 1. The Kier molecular flexibility index (Phi) is 3.30. The summed E-state index contributed by atoms with van der Waals surface area (Å²) in [5.74, 6) is 0.630. The molecule has 0 aliphatic heterocycles. The monoisotopic (exact) mass is 177 g/mol. The molecule has 0 unspecified atom stereocenters. The van der Waals surface area contributed by atoms with Crippen LogP contribution < -0.4 is 4.74 Å². The van der Waals surface area contributed by atoms with E-state index in [9.17, 15) is 0 Å². The molecule has 0 saturated carbocycles. The van der Waals surface area contributed by atoms with Crippen molar-refractivity contribution in [1.29, 1.82) is 5.26 Å². The first-order chi connectivity index (χ1) is 6.30. The normalized spacial score (nSPS) is 9.31. The van der Waals surface area contributed by atoms with Crippen LogP contribution in [-0.2, 0) is 6.61 Å². The molecule has 1 rings (SSSR count). The molecule has 1 aromatic carbocycles. The standard InChI is InChI=1S/C10H11NO2/c1-2-13-10-4-8(6-11)3-9(5-10)7-12/h3-5,12H,2,7H2,1H3. The van der Waals surface area contributed by atoms with Crippen molar-refractivity contribution < 1.29 is 9.84 Å². The number of nitrogens with zero attached hydrogens (tertiary/aromatic N) is 1. The molecule has 68 valence electrons. The van der Waals surface area contributed by atoms with E-state index in [1.165, 1.54) is 0 Å². The fraction of sp³-hybridized carbons (Fsp3) is 0.300. The van der Waals surface area contributed by atoms with E-state index >= 15 is 0 Å². The summed E-state index contributed by atoms with van der Waals surface area (Å²) >= 11 is 0. The molecular formula is C10H11NO2. The highest BCUT2D eigenvalue weighted by Crippen LogP contribution is 2.16. The van der Waals surface area contributed by atoms with Crippen LogP contribution in [0, 0.1) is 11.3 Å². The van der Waals surface area contributed by atoms with Crippen LogP contribution >= 0.6 is 0 Å². The third-order valence-electron chi connectivity index (χ3n) is 1.59. The van der Waals surface area contributed by atoms with Gasteiger partial charge in [-0.15, -0.1) is 0 Å². The fourth-order valence-corrected chi connectivity index (χ4v) is 1.07. The predicted molar refractivity (Wildman–Crippen MR) is 48.2 cm³/mol. The van der Waals surface area contributed by atoms with Gasteiger partial charge in [-0.05, 0) is 30.7 Å². The Morgan fingerprint density at radius 1 is 1.46 bits per heavy atom. The van der Waals surface area contributed by atoms with Gasteiger partial charge in [-0.2, -0.15) is 5.26 Å². The minimum absolute atomic E-state index is 0.0738. The molecule has 0 aliphatic carbocycles. The smallest absolute Gasteiger partial charge is 0.120 e. The molecule has 0 saturated heterocycles. The van der Waals surface area contributed by atoms with Gasteiger partial charge < -0.3 is 9.84 Å². The Balaban J connectivity index is 3.01. The molecule has 0 amide bonds. The van der Waals surface area contributed by atoms with E-state index in [-0.39, 0.29) is 6.61 Å². The topological polar surface area (TPSA) is 53.2 Å². The maximum atomic E-state index is 8.89. The second-order valence-corrected chi connectivity index (χ2v) is 2.57. The molecule has 0 atom stereocenters. The molecule has 0 fully saturated rings. The quantitative estimate of drug-likeness (QED) is 0.760. The lowest BCUT2D eigenvalue weighted by Gasteiger charge is -2.04. The maximum absolute atomic E-state index is 8.89. The van der Waals surface area contributed by atoms with Crippen molar-refractivity contribution in [1.82, 2.24) is 0 Å². The molecule has 1 aromatic rings. The third-order valence-corrected chi connectivity index (χ3v) is 1.59. The molecule has 0 heterocycles. The van der Waals surface area contributed by atoms with Gasteiger partial charge in [0.25, 0.3) is 0 Å². The van der Waals surface area contributed by atoms with Crippen LogP contribution in [-0.4, -0.2) is 11.7 Å². The Bertz CT molecular complexity index is 328. The molecule has 0 radical (unpaired) electrons. The minimum atomic E-state index is -0.0738. The summed E-state index contributed by atoms with van der Waals surface area (Å²) in [6.07, 6.45) is 0. The number of hydrogen-bond donors (Lipinski definition) is 1. The molecule has 3 heteroatoms. The predicted octanol–water partition coefficient (Wildman–Crippen LogP) is 1.45. The van der Waals surface area contributed by atoms with Crippen molar-refractivity contribution in [2.45, 2.75) is 13.5 Å². The molecule has 1 N–H and O–H groups in total. The van der Waals surface area contributed by atoms with Gasteiger partial charge in [0.1, 0.15) is 5.75 Å². The van der Waals surface area contributed by atoms with Crippen molar-refractivity contribution in [2.24, 2.45) is 0 Å². The van der Waals surface area contributed by atoms with Crippen LogP contribution in [0.5, 0.6) is 5.75 Å².